The number of likely N-dealkylation sites (tertiary alicyclic amines) is 1. The third-order valence-corrected chi connectivity index (χ3v) is 7.96. The summed E-state index contributed by atoms with van der Waals surface area (Å²) in [5, 5.41) is 0.761. The predicted octanol–water partition coefficient (Wildman–Crippen LogP) is 4.87. The summed E-state index contributed by atoms with van der Waals surface area (Å²) in [5.74, 6) is 0.870. The number of hydrogen-bond acceptors (Lipinski definition) is 5. The number of piperidine rings is 1. The molecule has 1 fully saturated rings. The molecule has 5 rings (SSSR count). The van der Waals surface area contributed by atoms with Crippen molar-refractivity contribution < 1.29 is 9.00 Å². The van der Waals surface area contributed by atoms with Crippen LogP contribution in [0.3, 0.4) is 0 Å². The molecule has 9 heteroatoms. The molecule has 0 aliphatic carbocycles. The number of anilines is 2. The number of halogens is 1. The highest BCUT2D eigenvalue weighted by Gasteiger charge is 2.34. The summed E-state index contributed by atoms with van der Waals surface area (Å²) in [7, 11) is -1.42. The van der Waals surface area contributed by atoms with Crippen LogP contribution in [-0.2, 0) is 23.1 Å². The highest BCUT2D eigenvalue weighted by molar-refractivity contribution is 7.84. The minimum absolute atomic E-state index is 0.180. The molecular weight excluding hydrogens is 482 g/mol. The molecule has 35 heavy (non-hydrogen) atoms. The second-order valence-electron chi connectivity index (χ2n) is 8.85. The number of amides is 2. The summed E-state index contributed by atoms with van der Waals surface area (Å²) >= 11 is 6.45. The van der Waals surface area contributed by atoms with Crippen LogP contribution in [0.25, 0.3) is 0 Å². The first-order valence-corrected chi connectivity index (χ1v) is 13.6. The number of rotatable bonds is 7. The van der Waals surface area contributed by atoms with E-state index in [0.717, 1.165) is 30.8 Å². The number of aromatic nitrogens is 2. The lowest BCUT2D eigenvalue weighted by Gasteiger charge is -2.37. The Kier molecular flexibility index (Phi) is 7.41. The number of nitrogens with zero attached hydrogens (tertiary/aromatic N) is 5. The first-order valence-electron chi connectivity index (χ1n) is 11.9. The molecule has 3 heterocycles. The Morgan fingerprint density at radius 3 is 2.46 bits per heavy atom. The topological polar surface area (TPSA) is 69.6 Å². The van der Waals surface area contributed by atoms with Gasteiger partial charge in [0.2, 0.25) is 5.16 Å². The van der Waals surface area contributed by atoms with E-state index in [0.29, 0.717) is 35.4 Å². The SMILES string of the molecule is O=C1N(c2ccccc2Cl)Cc2cnc(S(=O)Cc3ccccc3)nc2N1CCN1CCCCC1. The average Bonchev–Trinajstić information content (AvgIpc) is 2.89. The van der Waals surface area contributed by atoms with Crippen molar-refractivity contribution >= 4 is 39.9 Å². The molecule has 1 aromatic heterocycles. The van der Waals surface area contributed by atoms with Crippen molar-refractivity contribution in [2.75, 3.05) is 36.0 Å². The van der Waals surface area contributed by atoms with E-state index >= 15 is 0 Å². The highest BCUT2D eigenvalue weighted by Crippen LogP contribution is 2.34. The number of urea groups is 1. The summed E-state index contributed by atoms with van der Waals surface area (Å²) in [6.07, 6.45) is 5.32. The number of para-hydroxylation sites is 1. The van der Waals surface area contributed by atoms with Crippen LogP contribution in [-0.4, -0.2) is 51.3 Å². The molecule has 2 aliphatic rings. The van der Waals surface area contributed by atoms with Gasteiger partial charge in [-0.2, -0.15) is 0 Å². The Hall–Kier alpha value is -2.81. The van der Waals surface area contributed by atoms with Gasteiger partial charge >= 0.3 is 6.03 Å². The maximum Gasteiger partial charge on any atom is 0.330 e. The lowest BCUT2D eigenvalue weighted by molar-refractivity contribution is 0.227. The Morgan fingerprint density at radius 1 is 0.943 bits per heavy atom. The average molecular weight is 510 g/mol. The Bertz CT molecular complexity index is 1220. The van der Waals surface area contributed by atoms with E-state index in [-0.39, 0.29) is 11.2 Å². The molecule has 2 aromatic carbocycles. The fourth-order valence-electron chi connectivity index (χ4n) is 4.59. The minimum atomic E-state index is -1.42. The van der Waals surface area contributed by atoms with Crippen LogP contribution in [0, 0.1) is 0 Å². The van der Waals surface area contributed by atoms with Crippen LogP contribution in [0.5, 0.6) is 0 Å². The van der Waals surface area contributed by atoms with Gasteiger partial charge in [-0.05, 0) is 43.6 Å². The van der Waals surface area contributed by atoms with E-state index in [1.165, 1.54) is 19.3 Å². The monoisotopic (exact) mass is 509 g/mol. The Balaban J connectivity index is 1.45. The third kappa shape index (κ3) is 5.39. The van der Waals surface area contributed by atoms with Crippen molar-refractivity contribution in [2.24, 2.45) is 0 Å². The fraction of sp³-hybridized carbons (Fsp3) is 0.346. The van der Waals surface area contributed by atoms with E-state index in [2.05, 4.69) is 14.9 Å². The molecule has 0 saturated carbocycles. The summed E-state index contributed by atoms with van der Waals surface area (Å²) in [4.78, 5) is 28.6. The molecule has 2 aliphatic heterocycles. The van der Waals surface area contributed by atoms with Crippen LogP contribution in [0.4, 0.5) is 16.3 Å². The molecule has 7 nitrogen and oxygen atoms in total. The summed E-state index contributed by atoms with van der Waals surface area (Å²) in [5.41, 5.74) is 2.42. The van der Waals surface area contributed by atoms with Gasteiger partial charge in [0.05, 0.1) is 33.8 Å². The number of hydrogen-bond donors (Lipinski definition) is 0. The molecule has 0 N–H and O–H groups in total. The van der Waals surface area contributed by atoms with Crippen molar-refractivity contribution in [1.82, 2.24) is 14.9 Å². The quantitative estimate of drug-likeness (QED) is 0.425. The second-order valence-corrected chi connectivity index (χ2v) is 10.6. The molecule has 2 amide bonds. The first kappa shape index (κ1) is 23.9. The molecular formula is C26H28ClN5O2S. The van der Waals surface area contributed by atoms with Gasteiger partial charge in [-0.15, -0.1) is 0 Å². The van der Waals surface area contributed by atoms with Crippen molar-refractivity contribution in [3.05, 3.63) is 76.9 Å². The zero-order chi connectivity index (χ0) is 24.2. The van der Waals surface area contributed by atoms with Crippen LogP contribution < -0.4 is 9.80 Å². The predicted molar refractivity (Wildman–Crippen MR) is 139 cm³/mol. The van der Waals surface area contributed by atoms with Gasteiger partial charge in [0.15, 0.2) is 0 Å². The zero-order valence-corrected chi connectivity index (χ0v) is 21.0. The van der Waals surface area contributed by atoms with Crippen molar-refractivity contribution in [1.29, 1.82) is 0 Å². The van der Waals surface area contributed by atoms with E-state index in [9.17, 15) is 9.00 Å². The van der Waals surface area contributed by atoms with Gasteiger partial charge in [0.25, 0.3) is 0 Å². The normalized spacial score (nSPS) is 17.3. The Labute approximate surface area is 213 Å². The highest BCUT2D eigenvalue weighted by atomic mass is 35.5. The summed E-state index contributed by atoms with van der Waals surface area (Å²) < 4.78 is 13.1. The van der Waals surface area contributed by atoms with Crippen LogP contribution in [0.2, 0.25) is 5.02 Å². The lowest BCUT2D eigenvalue weighted by Crippen LogP contribution is -2.51. The standard InChI is InChI=1S/C26H28ClN5O2S/c27-22-11-5-6-12-23(22)32-18-21-17-28-25(35(34)19-20-9-3-1-4-10-20)29-24(21)31(26(32)33)16-15-30-13-7-2-8-14-30/h1,3-6,9-12,17H,2,7-8,13-16,18-19H2. The van der Waals surface area contributed by atoms with Crippen LogP contribution >= 0.6 is 11.6 Å². The van der Waals surface area contributed by atoms with E-state index in [1.807, 2.05) is 48.5 Å². The smallest absolute Gasteiger partial charge is 0.302 e. The number of carbonyl (C=O) groups excluding carboxylic acids is 1. The molecule has 1 unspecified atom stereocenters. The lowest BCUT2D eigenvalue weighted by atomic mass is 10.1. The van der Waals surface area contributed by atoms with Crippen LogP contribution in [0.1, 0.15) is 30.4 Å². The van der Waals surface area contributed by atoms with Gasteiger partial charge in [0.1, 0.15) is 5.82 Å². The van der Waals surface area contributed by atoms with Crippen LogP contribution in [0.15, 0.2) is 66.0 Å². The van der Waals surface area contributed by atoms with Gasteiger partial charge in [-0.1, -0.05) is 60.5 Å². The summed E-state index contributed by atoms with van der Waals surface area (Å²) in [6, 6.07) is 16.8. The number of carbonyl (C=O) groups is 1. The van der Waals surface area contributed by atoms with Gasteiger partial charge < -0.3 is 4.90 Å². The Morgan fingerprint density at radius 2 is 1.69 bits per heavy atom. The fourth-order valence-corrected chi connectivity index (χ4v) is 5.81. The molecule has 0 radical (unpaired) electrons. The van der Waals surface area contributed by atoms with E-state index < -0.39 is 10.8 Å². The third-order valence-electron chi connectivity index (χ3n) is 6.44. The number of fused-ring (bicyclic) bond motifs is 1. The molecule has 182 valence electrons. The maximum absolute atomic E-state index is 13.7. The van der Waals surface area contributed by atoms with Crippen molar-refractivity contribution in [3.63, 3.8) is 0 Å². The van der Waals surface area contributed by atoms with E-state index in [1.54, 1.807) is 22.1 Å². The zero-order valence-electron chi connectivity index (χ0n) is 19.5. The molecule has 1 saturated heterocycles. The molecule has 0 spiro atoms. The molecule has 0 bridgehead atoms. The minimum Gasteiger partial charge on any atom is -0.302 e. The summed E-state index contributed by atoms with van der Waals surface area (Å²) in [6.45, 7) is 3.64. The van der Waals surface area contributed by atoms with Gasteiger partial charge in [0, 0.05) is 24.8 Å². The largest absolute Gasteiger partial charge is 0.330 e. The van der Waals surface area contributed by atoms with Crippen molar-refractivity contribution in [3.8, 4) is 0 Å². The van der Waals surface area contributed by atoms with E-state index in [4.69, 9.17) is 11.6 Å². The molecule has 1 atom stereocenters. The van der Waals surface area contributed by atoms with Gasteiger partial charge in [-0.3, -0.25) is 14.0 Å². The molecule has 3 aromatic rings. The van der Waals surface area contributed by atoms with Crippen molar-refractivity contribution in [2.45, 2.75) is 36.7 Å². The number of benzene rings is 2. The maximum atomic E-state index is 13.7. The second kappa shape index (κ2) is 10.8. The first-order chi connectivity index (χ1) is 17.1. The van der Waals surface area contributed by atoms with Gasteiger partial charge in [-0.25, -0.2) is 14.8 Å².